The summed E-state index contributed by atoms with van der Waals surface area (Å²) in [5.74, 6) is -7.63. The Morgan fingerprint density at radius 2 is 1.04 bits per heavy atom. The number of fused-ring (bicyclic) bond motifs is 5. The zero-order chi connectivity index (χ0) is 37.1. The van der Waals surface area contributed by atoms with Crippen LogP contribution in [0.3, 0.4) is 0 Å². The van der Waals surface area contributed by atoms with Crippen LogP contribution in [-0.4, -0.2) is 68.8 Å². The highest BCUT2D eigenvalue weighted by molar-refractivity contribution is 6.38. The maximum Gasteiger partial charge on any atom is 0.341 e. The van der Waals surface area contributed by atoms with Crippen LogP contribution < -0.4 is 0 Å². The third kappa shape index (κ3) is 3.74. The molecule has 0 saturated heterocycles. The quantitative estimate of drug-likeness (QED) is 0.122. The van der Waals surface area contributed by atoms with E-state index in [9.17, 15) is 19.5 Å². The summed E-state index contributed by atoms with van der Waals surface area (Å²) in [6.07, 6.45) is 0. The van der Waals surface area contributed by atoms with Crippen LogP contribution in [-0.2, 0) is 53.8 Å². The van der Waals surface area contributed by atoms with Crippen molar-refractivity contribution < 1.29 is 48.0 Å². The lowest BCUT2D eigenvalue weighted by Crippen LogP contribution is -2.67. The average Bonchev–Trinajstić information content (AvgIpc) is 3.69. The molecule has 0 unspecified atom stereocenters. The molecule has 1 fully saturated rings. The Kier molecular flexibility index (Phi) is 8.10. The number of esters is 4. The molecule has 4 aromatic rings. The van der Waals surface area contributed by atoms with Crippen LogP contribution in [0.4, 0.5) is 0 Å². The molecule has 3 aliphatic rings. The number of hydrogen-bond donors (Lipinski definition) is 1. The zero-order valence-corrected chi connectivity index (χ0v) is 28.7. The summed E-state index contributed by atoms with van der Waals surface area (Å²) in [6, 6.07) is 34.0. The van der Waals surface area contributed by atoms with Crippen molar-refractivity contribution in [3.63, 3.8) is 0 Å². The molecule has 0 radical (unpaired) electrons. The van der Waals surface area contributed by atoms with Crippen molar-refractivity contribution in [3.8, 4) is 0 Å². The van der Waals surface area contributed by atoms with Crippen LogP contribution in [0.2, 0.25) is 0 Å². The molecular weight excluding hydrogens is 664 g/mol. The van der Waals surface area contributed by atoms with Crippen LogP contribution in [0.5, 0.6) is 0 Å². The van der Waals surface area contributed by atoms with Crippen molar-refractivity contribution in [1.82, 2.24) is 0 Å². The second kappa shape index (κ2) is 12.3. The van der Waals surface area contributed by atoms with E-state index in [-0.39, 0.29) is 16.7 Å². The normalized spacial score (nSPS) is 27.2. The fourth-order valence-corrected chi connectivity index (χ4v) is 9.72. The van der Waals surface area contributed by atoms with Crippen molar-refractivity contribution >= 4 is 40.8 Å². The monoisotopic (exact) mass is 698 g/mol. The first kappa shape index (κ1) is 34.3. The van der Waals surface area contributed by atoms with Crippen molar-refractivity contribution in [2.45, 2.75) is 16.4 Å². The van der Waals surface area contributed by atoms with Gasteiger partial charge in [-0.2, -0.15) is 0 Å². The SMILES string of the molecule is COC(=O)C1=C(c2ccccc2)[C@]2(c3ccccc3)[C@](C(=O)OC)(C1=O)[C@]1(O)C(C(=O)OC)=C(c3ccccc3)[C@@]2(c2ccccc2)[C@H]1C(=O)OC. The van der Waals surface area contributed by atoms with Crippen molar-refractivity contribution in [2.75, 3.05) is 28.4 Å². The van der Waals surface area contributed by atoms with Gasteiger partial charge < -0.3 is 24.1 Å². The van der Waals surface area contributed by atoms with Gasteiger partial charge in [0, 0.05) is 0 Å². The number of benzene rings is 4. The molecule has 0 spiro atoms. The average molecular weight is 699 g/mol. The lowest BCUT2D eigenvalue weighted by molar-refractivity contribution is -0.178. The number of Topliss-reactive ketones (excluding diaryl/α,β-unsaturated/α-hetero) is 1. The highest BCUT2D eigenvalue weighted by Gasteiger charge is 2.98. The van der Waals surface area contributed by atoms with E-state index in [0.29, 0.717) is 16.7 Å². The van der Waals surface area contributed by atoms with Gasteiger partial charge in [0.15, 0.2) is 11.2 Å². The molecule has 10 heteroatoms. The molecule has 5 atom stereocenters. The smallest absolute Gasteiger partial charge is 0.341 e. The Morgan fingerprint density at radius 1 is 0.577 bits per heavy atom. The van der Waals surface area contributed by atoms with E-state index in [4.69, 9.17) is 18.9 Å². The molecule has 7 rings (SSSR count). The third-order valence-corrected chi connectivity index (χ3v) is 11.1. The predicted molar refractivity (Wildman–Crippen MR) is 187 cm³/mol. The molecule has 1 saturated carbocycles. The van der Waals surface area contributed by atoms with Gasteiger partial charge in [-0.15, -0.1) is 0 Å². The molecular formula is C42H34O10. The minimum atomic E-state index is -3.08. The topological polar surface area (TPSA) is 143 Å². The summed E-state index contributed by atoms with van der Waals surface area (Å²) < 4.78 is 21.7. The minimum absolute atomic E-state index is 0.00687. The zero-order valence-electron chi connectivity index (χ0n) is 28.7. The number of methoxy groups -OCH3 is 4. The third-order valence-electron chi connectivity index (χ3n) is 11.1. The molecule has 3 aliphatic carbocycles. The van der Waals surface area contributed by atoms with Crippen molar-refractivity contribution in [3.05, 3.63) is 155 Å². The van der Waals surface area contributed by atoms with Gasteiger partial charge in [0.2, 0.25) is 0 Å². The van der Waals surface area contributed by atoms with E-state index in [1.807, 2.05) is 0 Å². The molecule has 1 N–H and O–H groups in total. The number of carbonyl (C=O) groups is 5. The fourth-order valence-electron chi connectivity index (χ4n) is 9.72. The van der Waals surface area contributed by atoms with Crippen molar-refractivity contribution in [1.29, 1.82) is 0 Å². The summed E-state index contributed by atoms with van der Waals surface area (Å²) in [5, 5.41) is 14.0. The second-order valence-corrected chi connectivity index (χ2v) is 12.8. The lowest BCUT2D eigenvalue weighted by atomic mass is 9.43. The van der Waals surface area contributed by atoms with Crippen LogP contribution >= 0.6 is 0 Å². The molecule has 52 heavy (non-hydrogen) atoms. The van der Waals surface area contributed by atoms with Crippen molar-refractivity contribution in [2.24, 2.45) is 11.3 Å². The standard InChI is InChI=1S/C42H34O10/c1-49-35(44)29-30(25-17-9-5-10-18-25)40(28-23-15-8-16-24-28)39(27-21-13-7-14-22-27)31(26-19-11-6-12-20-26)32(36(45)50-2)42(48,33(39)37(46)51-3)41(40,34(29)43)38(47)52-4/h5-24,33,48H,1-4H3/t33-,39+,40+,41-,42+/m1/s1. The number of rotatable bonds is 8. The van der Waals surface area contributed by atoms with Gasteiger partial charge in [0.05, 0.1) is 44.8 Å². The number of aliphatic hydroxyl groups is 1. The Morgan fingerprint density at radius 3 is 1.50 bits per heavy atom. The summed E-state index contributed by atoms with van der Waals surface area (Å²) >= 11 is 0. The molecule has 0 aliphatic heterocycles. The summed E-state index contributed by atoms with van der Waals surface area (Å²) in [7, 11) is 4.35. The maximum atomic E-state index is 15.9. The number of ether oxygens (including phenoxy) is 4. The highest BCUT2D eigenvalue weighted by Crippen LogP contribution is 2.86. The first-order chi connectivity index (χ1) is 25.1. The van der Waals surface area contributed by atoms with Gasteiger partial charge in [-0.3, -0.25) is 14.4 Å². The minimum Gasteiger partial charge on any atom is -0.469 e. The van der Waals surface area contributed by atoms with Gasteiger partial charge in [0.1, 0.15) is 17.1 Å². The van der Waals surface area contributed by atoms with Crippen LogP contribution in [0.25, 0.3) is 11.1 Å². The number of ketones is 1. The molecule has 4 aromatic carbocycles. The first-order valence-corrected chi connectivity index (χ1v) is 16.5. The fraction of sp³-hybridized carbons (Fsp3) is 0.214. The van der Waals surface area contributed by atoms with E-state index in [1.165, 1.54) is 0 Å². The molecule has 10 nitrogen and oxygen atoms in total. The molecule has 0 heterocycles. The Balaban J connectivity index is 1.93. The Bertz CT molecular complexity index is 2190. The molecule has 2 bridgehead atoms. The second-order valence-electron chi connectivity index (χ2n) is 12.8. The van der Waals surface area contributed by atoms with Crippen LogP contribution in [0.1, 0.15) is 22.3 Å². The Hall–Kier alpha value is -6.13. The summed E-state index contributed by atoms with van der Waals surface area (Å²) in [6.45, 7) is 0. The van der Waals surface area contributed by atoms with Gasteiger partial charge in [0.25, 0.3) is 0 Å². The van der Waals surface area contributed by atoms with Gasteiger partial charge in [-0.1, -0.05) is 121 Å². The predicted octanol–water partition coefficient (Wildman–Crippen LogP) is 4.41. The number of carbonyl (C=O) groups excluding carboxylic acids is 5. The molecule has 262 valence electrons. The molecule has 0 amide bonds. The van der Waals surface area contributed by atoms with E-state index < -0.39 is 68.6 Å². The maximum absolute atomic E-state index is 15.9. The lowest BCUT2D eigenvalue weighted by Gasteiger charge is -2.55. The van der Waals surface area contributed by atoms with Crippen LogP contribution in [0.15, 0.2) is 132 Å². The van der Waals surface area contributed by atoms with E-state index in [1.54, 1.807) is 121 Å². The summed E-state index contributed by atoms with van der Waals surface area (Å²) in [4.78, 5) is 74.6. The first-order valence-electron chi connectivity index (χ1n) is 16.5. The molecule has 0 aromatic heterocycles. The Labute approximate surface area is 299 Å². The number of allylic oxidation sites excluding steroid dienone is 2. The highest BCUT2D eigenvalue weighted by atomic mass is 16.5. The van der Waals surface area contributed by atoms with Gasteiger partial charge in [-0.25, -0.2) is 9.59 Å². The van der Waals surface area contributed by atoms with Gasteiger partial charge >= 0.3 is 23.9 Å². The largest absolute Gasteiger partial charge is 0.469 e. The summed E-state index contributed by atoms with van der Waals surface area (Å²) in [5.41, 5.74) is -10.1. The number of hydrogen-bond acceptors (Lipinski definition) is 10. The van der Waals surface area contributed by atoms with Gasteiger partial charge in [-0.05, 0) is 33.4 Å². The van der Waals surface area contributed by atoms with E-state index >= 15 is 9.59 Å². The van der Waals surface area contributed by atoms with E-state index in [2.05, 4.69) is 0 Å². The van der Waals surface area contributed by atoms with E-state index in [0.717, 1.165) is 28.4 Å². The van der Waals surface area contributed by atoms with Crippen LogP contribution in [0, 0.1) is 11.3 Å².